The Kier molecular flexibility index (Phi) is 5.69. The number of ether oxygens (including phenoxy) is 1. The van der Waals surface area contributed by atoms with Crippen molar-refractivity contribution in [2.75, 3.05) is 26.2 Å². The Bertz CT molecular complexity index is 694. The highest BCUT2D eigenvalue weighted by Gasteiger charge is 2.30. The van der Waals surface area contributed by atoms with E-state index in [1.54, 1.807) is 11.3 Å². The third-order valence-corrected chi connectivity index (χ3v) is 6.34. The molecule has 2 saturated heterocycles. The van der Waals surface area contributed by atoms with E-state index in [0.717, 1.165) is 31.2 Å². The normalized spacial score (nSPS) is 27.8. The van der Waals surface area contributed by atoms with Gasteiger partial charge in [0.25, 0.3) is 0 Å². The lowest BCUT2D eigenvalue weighted by molar-refractivity contribution is -0.0724. The average molecular weight is 372 g/mol. The molecular weight excluding hydrogens is 342 g/mol. The van der Waals surface area contributed by atoms with E-state index in [2.05, 4.69) is 59.4 Å². The van der Waals surface area contributed by atoms with Crippen LogP contribution in [0.25, 0.3) is 10.6 Å². The second kappa shape index (κ2) is 8.17. The Hall–Kier alpha value is -1.27. The van der Waals surface area contributed by atoms with Gasteiger partial charge in [0.1, 0.15) is 5.01 Å². The summed E-state index contributed by atoms with van der Waals surface area (Å²) < 4.78 is 5.88. The topological polar surface area (TPSA) is 28.6 Å². The molecule has 0 aliphatic carbocycles. The Balaban J connectivity index is 1.37. The van der Waals surface area contributed by atoms with Gasteiger partial charge in [-0.3, -0.25) is 9.80 Å². The maximum atomic E-state index is 5.88. The van der Waals surface area contributed by atoms with Crippen molar-refractivity contribution in [3.05, 3.63) is 41.4 Å². The van der Waals surface area contributed by atoms with Gasteiger partial charge in [-0.1, -0.05) is 30.3 Å². The predicted octanol–water partition coefficient (Wildman–Crippen LogP) is 3.88. The third-order valence-electron chi connectivity index (χ3n) is 5.40. The summed E-state index contributed by atoms with van der Waals surface area (Å²) in [5, 5.41) is 3.36. The summed E-state index contributed by atoms with van der Waals surface area (Å²) in [6.45, 7) is 9.83. The lowest BCUT2D eigenvalue weighted by Crippen LogP contribution is -2.50. The Morgan fingerprint density at radius 1 is 1.15 bits per heavy atom. The molecule has 3 heterocycles. The van der Waals surface area contributed by atoms with E-state index in [1.807, 2.05) is 0 Å². The summed E-state index contributed by atoms with van der Waals surface area (Å²) in [7, 11) is 0. The van der Waals surface area contributed by atoms with E-state index in [4.69, 9.17) is 9.72 Å². The van der Waals surface area contributed by atoms with Crippen molar-refractivity contribution in [3.63, 3.8) is 0 Å². The highest BCUT2D eigenvalue weighted by atomic mass is 32.1. The summed E-state index contributed by atoms with van der Waals surface area (Å²) in [5.41, 5.74) is 2.43. The standard InChI is InChI=1S/C21H29N3OS/c1-16-11-23(12-17(2)25-16)14-20-9-6-10-24(20)13-19-15-26-21(22-19)18-7-4-3-5-8-18/h3-5,7-8,15-17,20H,6,9-14H2,1-2H3. The van der Waals surface area contributed by atoms with Crippen LogP contribution in [-0.2, 0) is 11.3 Å². The quantitative estimate of drug-likeness (QED) is 0.797. The fraction of sp³-hybridized carbons (Fsp3) is 0.571. The van der Waals surface area contributed by atoms with E-state index >= 15 is 0 Å². The molecule has 3 unspecified atom stereocenters. The van der Waals surface area contributed by atoms with Crippen LogP contribution in [0, 0.1) is 0 Å². The lowest BCUT2D eigenvalue weighted by Gasteiger charge is -2.38. The molecule has 1 aromatic heterocycles. The average Bonchev–Trinajstić information content (AvgIpc) is 3.25. The fourth-order valence-electron chi connectivity index (χ4n) is 4.34. The van der Waals surface area contributed by atoms with Crippen molar-refractivity contribution in [1.82, 2.24) is 14.8 Å². The molecule has 140 valence electrons. The second-order valence-corrected chi connectivity index (χ2v) is 8.61. The number of rotatable bonds is 5. The Morgan fingerprint density at radius 3 is 2.69 bits per heavy atom. The van der Waals surface area contributed by atoms with Gasteiger partial charge in [-0.05, 0) is 33.2 Å². The van der Waals surface area contributed by atoms with E-state index in [9.17, 15) is 0 Å². The van der Waals surface area contributed by atoms with Gasteiger partial charge in [-0.25, -0.2) is 4.98 Å². The summed E-state index contributed by atoms with van der Waals surface area (Å²) in [4.78, 5) is 10.1. The number of morpholine rings is 1. The molecule has 3 atom stereocenters. The van der Waals surface area contributed by atoms with Gasteiger partial charge in [0.2, 0.25) is 0 Å². The van der Waals surface area contributed by atoms with Crippen molar-refractivity contribution in [3.8, 4) is 10.6 Å². The maximum Gasteiger partial charge on any atom is 0.123 e. The number of likely N-dealkylation sites (tertiary alicyclic amines) is 1. The lowest BCUT2D eigenvalue weighted by atomic mass is 10.1. The zero-order valence-corrected chi connectivity index (χ0v) is 16.6. The van der Waals surface area contributed by atoms with Crippen LogP contribution in [0.1, 0.15) is 32.4 Å². The third kappa shape index (κ3) is 4.34. The van der Waals surface area contributed by atoms with Crippen LogP contribution < -0.4 is 0 Å². The highest BCUT2D eigenvalue weighted by Crippen LogP contribution is 2.26. The smallest absolute Gasteiger partial charge is 0.123 e. The van der Waals surface area contributed by atoms with Crippen molar-refractivity contribution in [2.45, 2.75) is 51.5 Å². The molecule has 0 radical (unpaired) electrons. The van der Waals surface area contributed by atoms with Gasteiger partial charge in [0.15, 0.2) is 0 Å². The predicted molar refractivity (Wildman–Crippen MR) is 107 cm³/mol. The number of aromatic nitrogens is 1. The number of hydrogen-bond donors (Lipinski definition) is 0. The van der Waals surface area contributed by atoms with E-state index in [1.165, 1.54) is 30.6 Å². The largest absolute Gasteiger partial charge is 0.373 e. The first kappa shape index (κ1) is 18.1. The van der Waals surface area contributed by atoms with E-state index < -0.39 is 0 Å². The van der Waals surface area contributed by atoms with E-state index in [-0.39, 0.29) is 0 Å². The molecule has 0 spiro atoms. The van der Waals surface area contributed by atoms with Crippen molar-refractivity contribution in [1.29, 1.82) is 0 Å². The maximum absolute atomic E-state index is 5.88. The summed E-state index contributed by atoms with van der Waals surface area (Å²) >= 11 is 1.76. The van der Waals surface area contributed by atoms with Gasteiger partial charge in [-0.2, -0.15) is 0 Å². The Morgan fingerprint density at radius 2 is 1.92 bits per heavy atom. The van der Waals surface area contributed by atoms with Gasteiger partial charge < -0.3 is 4.74 Å². The van der Waals surface area contributed by atoms with Crippen LogP contribution in [0.5, 0.6) is 0 Å². The zero-order chi connectivity index (χ0) is 17.9. The highest BCUT2D eigenvalue weighted by molar-refractivity contribution is 7.13. The first-order chi connectivity index (χ1) is 12.7. The molecule has 4 rings (SSSR count). The molecule has 4 nitrogen and oxygen atoms in total. The van der Waals surface area contributed by atoms with Gasteiger partial charge in [0, 0.05) is 43.2 Å². The van der Waals surface area contributed by atoms with Gasteiger partial charge >= 0.3 is 0 Å². The Labute approximate surface area is 160 Å². The molecule has 1 aromatic carbocycles. The summed E-state index contributed by atoms with van der Waals surface area (Å²) in [6.07, 6.45) is 3.30. The van der Waals surface area contributed by atoms with Crippen LogP contribution in [0.4, 0.5) is 0 Å². The molecule has 0 amide bonds. The van der Waals surface area contributed by atoms with Crippen LogP contribution in [0.15, 0.2) is 35.7 Å². The van der Waals surface area contributed by atoms with E-state index in [0.29, 0.717) is 18.2 Å². The number of nitrogens with zero attached hydrogens (tertiary/aromatic N) is 3. The van der Waals surface area contributed by atoms with Crippen LogP contribution >= 0.6 is 11.3 Å². The molecule has 0 N–H and O–H groups in total. The minimum absolute atomic E-state index is 0.348. The van der Waals surface area contributed by atoms with Gasteiger partial charge in [-0.15, -0.1) is 11.3 Å². The molecule has 2 aliphatic rings. The number of thiazole rings is 1. The SMILES string of the molecule is CC1CN(CC2CCCN2Cc2csc(-c3ccccc3)n2)CC(C)O1. The summed E-state index contributed by atoms with van der Waals surface area (Å²) in [6, 6.07) is 11.1. The first-order valence-electron chi connectivity index (χ1n) is 9.79. The molecule has 0 bridgehead atoms. The number of hydrogen-bond acceptors (Lipinski definition) is 5. The zero-order valence-electron chi connectivity index (χ0n) is 15.8. The molecule has 2 fully saturated rings. The van der Waals surface area contributed by atoms with Crippen molar-refractivity contribution >= 4 is 11.3 Å². The minimum Gasteiger partial charge on any atom is -0.373 e. The van der Waals surface area contributed by atoms with Crippen LogP contribution in [-0.4, -0.2) is 59.2 Å². The summed E-state index contributed by atoms with van der Waals surface area (Å²) in [5.74, 6) is 0. The van der Waals surface area contributed by atoms with Crippen LogP contribution in [0.3, 0.4) is 0 Å². The molecule has 2 aliphatic heterocycles. The van der Waals surface area contributed by atoms with Gasteiger partial charge in [0.05, 0.1) is 17.9 Å². The molecule has 0 saturated carbocycles. The number of benzene rings is 1. The van der Waals surface area contributed by atoms with Crippen LogP contribution in [0.2, 0.25) is 0 Å². The van der Waals surface area contributed by atoms with Crippen molar-refractivity contribution in [2.24, 2.45) is 0 Å². The molecule has 5 heteroatoms. The fourth-order valence-corrected chi connectivity index (χ4v) is 5.16. The first-order valence-corrected chi connectivity index (χ1v) is 10.7. The minimum atomic E-state index is 0.348. The second-order valence-electron chi connectivity index (χ2n) is 7.75. The molecular formula is C21H29N3OS. The molecule has 26 heavy (non-hydrogen) atoms. The van der Waals surface area contributed by atoms with Crippen molar-refractivity contribution < 1.29 is 4.74 Å². The monoisotopic (exact) mass is 371 g/mol. The molecule has 2 aromatic rings.